The van der Waals surface area contributed by atoms with E-state index >= 15 is 0 Å². The zero-order valence-electron chi connectivity index (χ0n) is 11.1. The number of fused-ring (bicyclic) bond motifs is 1. The Kier molecular flexibility index (Phi) is 3.79. The van der Waals surface area contributed by atoms with Gasteiger partial charge in [-0.05, 0) is 31.6 Å². The summed E-state index contributed by atoms with van der Waals surface area (Å²) in [6.07, 6.45) is 2.65. The number of hydrogen-bond donors (Lipinski definition) is 2. The van der Waals surface area contributed by atoms with Gasteiger partial charge in [0.25, 0.3) is 0 Å². The maximum Gasteiger partial charge on any atom is 0.0705 e. The number of nitrogens with one attached hydrogen (secondary N) is 2. The summed E-state index contributed by atoms with van der Waals surface area (Å²) in [6.45, 7) is 4.21. The van der Waals surface area contributed by atoms with E-state index in [1.54, 1.807) is 0 Å². The van der Waals surface area contributed by atoms with Crippen molar-refractivity contribution in [1.29, 1.82) is 0 Å². The maximum atomic E-state index is 6.41. The van der Waals surface area contributed by atoms with Crippen molar-refractivity contribution < 1.29 is 0 Å². The third-order valence-corrected chi connectivity index (χ3v) is 5.79. The summed E-state index contributed by atoms with van der Waals surface area (Å²) < 4.78 is 0.401. The van der Waals surface area contributed by atoms with Crippen molar-refractivity contribution >= 4 is 34.3 Å². The fraction of sp³-hybridized carbons (Fsp3) is 0.467. The molecule has 1 saturated heterocycles. The fourth-order valence-electron chi connectivity index (χ4n) is 2.71. The standard InChI is InChI=1S/C15H19ClN2S/c1-15(7-4-8-19-15)10-17-9-13-14(16)11-5-2-3-6-12(11)18-13/h2-3,5-6,17-18H,4,7-10H2,1H3. The minimum atomic E-state index is 0.401. The molecule has 102 valence electrons. The number of halogens is 1. The Bertz CT molecular complexity index is 573. The molecule has 0 bridgehead atoms. The van der Waals surface area contributed by atoms with Gasteiger partial charge in [-0.15, -0.1) is 0 Å². The van der Waals surface area contributed by atoms with Crippen molar-refractivity contribution in [2.45, 2.75) is 31.1 Å². The zero-order valence-corrected chi connectivity index (χ0v) is 12.7. The Morgan fingerprint density at radius 3 is 3.00 bits per heavy atom. The van der Waals surface area contributed by atoms with Crippen LogP contribution in [0.2, 0.25) is 5.02 Å². The highest BCUT2D eigenvalue weighted by molar-refractivity contribution is 8.00. The molecule has 0 amide bonds. The summed E-state index contributed by atoms with van der Waals surface area (Å²) in [5.41, 5.74) is 2.21. The number of hydrogen-bond acceptors (Lipinski definition) is 2. The monoisotopic (exact) mass is 294 g/mol. The first kappa shape index (κ1) is 13.3. The van der Waals surface area contributed by atoms with Gasteiger partial charge in [-0.2, -0.15) is 11.8 Å². The van der Waals surface area contributed by atoms with Crippen molar-refractivity contribution in [3.8, 4) is 0 Å². The average Bonchev–Trinajstić information content (AvgIpc) is 2.96. The Morgan fingerprint density at radius 1 is 1.42 bits per heavy atom. The second-order valence-corrected chi connectivity index (χ2v) is 7.53. The fourth-order valence-corrected chi connectivity index (χ4v) is 4.27. The van der Waals surface area contributed by atoms with Crippen LogP contribution in [-0.2, 0) is 6.54 Å². The van der Waals surface area contributed by atoms with E-state index in [-0.39, 0.29) is 0 Å². The molecule has 1 unspecified atom stereocenters. The maximum absolute atomic E-state index is 6.41. The molecule has 2 N–H and O–H groups in total. The molecular weight excluding hydrogens is 276 g/mol. The summed E-state index contributed by atoms with van der Waals surface area (Å²) in [5, 5.41) is 5.52. The highest BCUT2D eigenvalue weighted by Crippen LogP contribution is 2.37. The number of thioether (sulfide) groups is 1. The van der Waals surface area contributed by atoms with E-state index in [0.29, 0.717) is 4.75 Å². The van der Waals surface area contributed by atoms with Crippen molar-refractivity contribution in [3.63, 3.8) is 0 Å². The van der Waals surface area contributed by atoms with E-state index in [0.717, 1.165) is 34.7 Å². The van der Waals surface area contributed by atoms with E-state index in [1.807, 2.05) is 12.1 Å². The lowest BCUT2D eigenvalue weighted by atomic mass is 10.1. The molecular formula is C15H19ClN2S. The lowest BCUT2D eigenvalue weighted by Gasteiger charge is -2.22. The molecule has 1 fully saturated rings. The average molecular weight is 295 g/mol. The molecule has 0 spiro atoms. The van der Waals surface area contributed by atoms with Gasteiger partial charge in [0, 0.05) is 34.4 Å². The molecule has 1 aliphatic heterocycles. The van der Waals surface area contributed by atoms with E-state index in [1.165, 1.54) is 18.6 Å². The summed E-state index contributed by atoms with van der Waals surface area (Å²) >= 11 is 8.49. The summed E-state index contributed by atoms with van der Waals surface area (Å²) in [4.78, 5) is 3.40. The summed E-state index contributed by atoms with van der Waals surface area (Å²) in [6, 6.07) is 8.18. The molecule has 2 aromatic rings. The van der Waals surface area contributed by atoms with E-state index in [2.05, 4.69) is 41.1 Å². The number of H-pyrrole nitrogens is 1. The zero-order chi connectivity index (χ0) is 13.3. The number of rotatable bonds is 4. The highest BCUT2D eigenvalue weighted by Gasteiger charge is 2.28. The van der Waals surface area contributed by atoms with Gasteiger partial charge in [0.2, 0.25) is 0 Å². The van der Waals surface area contributed by atoms with Crippen molar-refractivity contribution in [1.82, 2.24) is 10.3 Å². The van der Waals surface area contributed by atoms with Crippen LogP contribution < -0.4 is 5.32 Å². The van der Waals surface area contributed by atoms with Gasteiger partial charge in [0.15, 0.2) is 0 Å². The van der Waals surface area contributed by atoms with Crippen molar-refractivity contribution in [2.75, 3.05) is 12.3 Å². The highest BCUT2D eigenvalue weighted by atomic mass is 35.5. The molecule has 3 rings (SSSR count). The van der Waals surface area contributed by atoms with Crippen LogP contribution in [-0.4, -0.2) is 22.0 Å². The predicted molar refractivity (Wildman–Crippen MR) is 85.1 cm³/mol. The van der Waals surface area contributed by atoms with Gasteiger partial charge in [0.1, 0.15) is 0 Å². The van der Waals surface area contributed by atoms with Gasteiger partial charge in [-0.25, -0.2) is 0 Å². The summed E-state index contributed by atoms with van der Waals surface area (Å²) in [7, 11) is 0. The molecule has 4 heteroatoms. The number of aromatic nitrogens is 1. The van der Waals surface area contributed by atoms with Gasteiger partial charge >= 0.3 is 0 Å². The van der Waals surface area contributed by atoms with E-state index in [9.17, 15) is 0 Å². The SMILES string of the molecule is CC1(CNCc2[nH]c3ccccc3c2Cl)CCCS1. The molecule has 2 nitrogen and oxygen atoms in total. The van der Waals surface area contributed by atoms with Crippen LogP contribution in [0.25, 0.3) is 10.9 Å². The molecule has 1 atom stereocenters. The first-order valence-electron chi connectivity index (χ1n) is 6.78. The lowest BCUT2D eigenvalue weighted by molar-refractivity contribution is 0.535. The van der Waals surface area contributed by atoms with E-state index in [4.69, 9.17) is 11.6 Å². The van der Waals surface area contributed by atoms with Gasteiger partial charge < -0.3 is 10.3 Å². The molecule has 1 aromatic carbocycles. The van der Waals surface area contributed by atoms with Crippen molar-refractivity contribution in [2.24, 2.45) is 0 Å². The topological polar surface area (TPSA) is 27.8 Å². The van der Waals surface area contributed by atoms with Gasteiger partial charge in [-0.1, -0.05) is 29.8 Å². The van der Waals surface area contributed by atoms with Crippen LogP contribution >= 0.6 is 23.4 Å². The van der Waals surface area contributed by atoms with E-state index < -0.39 is 0 Å². The molecule has 19 heavy (non-hydrogen) atoms. The number of para-hydroxylation sites is 1. The second kappa shape index (κ2) is 5.39. The third kappa shape index (κ3) is 2.78. The van der Waals surface area contributed by atoms with Crippen LogP contribution in [0.1, 0.15) is 25.5 Å². The smallest absolute Gasteiger partial charge is 0.0705 e. The molecule has 2 heterocycles. The molecule has 1 aromatic heterocycles. The van der Waals surface area contributed by atoms with Crippen molar-refractivity contribution in [3.05, 3.63) is 35.0 Å². The molecule has 0 saturated carbocycles. The van der Waals surface area contributed by atoms with Crippen LogP contribution in [0, 0.1) is 0 Å². The predicted octanol–water partition coefficient (Wildman–Crippen LogP) is 4.20. The Hall–Kier alpha value is -0.640. The minimum Gasteiger partial charge on any atom is -0.356 e. The van der Waals surface area contributed by atoms with Gasteiger partial charge in [-0.3, -0.25) is 0 Å². The second-order valence-electron chi connectivity index (χ2n) is 5.47. The number of aromatic amines is 1. The van der Waals surface area contributed by atoms with Crippen LogP contribution in [0.3, 0.4) is 0 Å². The minimum absolute atomic E-state index is 0.401. The molecule has 0 aliphatic carbocycles. The normalized spacial score (nSPS) is 23.3. The third-order valence-electron chi connectivity index (χ3n) is 3.82. The first-order valence-corrected chi connectivity index (χ1v) is 8.14. The van der Waals surface area contributed by atoms with Gasteiger partial charge in [0.05, 0.1) is 5.02 Å². The van der Waals surface area contributed by atoms with Crippen LogP contribution in [0.4, 0.5) is 0 Å². The Morgan fingerprint density at radius 2 is 2.26 bits per heavy atom. The quantitative estimate of drug-likeness (QED) is 0.884. The molecule has 0 radical (unpaired) electrons. The lowest BCUT2D eigenvalue weighted by Crippen LogP contribution is -2.32. The first-order chi connectivity index (χ1) is 9.18. The largest absolute Gasteiger partial charge is 0.356 e. The molecule has 1 aliphatic rings. The van der Waals surface area contributed by atoms with Crippen LogP contribution in [0.5, 0.6) is 0 Å². The Labute approximate surface area is 123 Å². The van der Waals surface area contributed by atoms with Crippen LogP contribution in [0.15, 0.2) is 24.3 Å². The number of benzene rings is 1. The summed E-state index contributed by atoms with van der Waals surface area (Å²) in [5.74, 6) is 1.30. The Balaban J connectivity index is 1.67.